The Bertz CT molecular complexity index is 567. The number of anilines is 1. The Kier molecular flexibility index (Phi) is 3.97. The number of ether oxygens (including phenoxy) is 1. The molecule has 0 aliphatic rings. The molecule has 2 aromatic rings. The van der Waals surface area contributed by atoms with Gasteiger partial charge in [0.25, 0.3) is 5.91 Å². The number of carbonyl (C=O) groups is 1. The SMILES string of the molecule is COc1ccnc(NCCn2ccc(C(N)=O)n2)c1. The van der Waals surface area contributed by atoms with Crippen molar-refractivity contribution in [3.05, 3.63) is 36.3 Å². The third-order valence-corrected chi connectivity index (χ3v) is 2.51. The Morgan fingerprint density at radius 3 is 3.05 bits per heavy atom. The Hall–Kier alpha value is -2.57. The summed E-state index contributed by atoms with van der Waals surface area (Å²) < 4.78 is 6.75. The minimum Gasteiger partial charge on any atom is -0.497 e. The second-order valence-corrected chi connectivity index (χ2v) is 3.84. The molecule has 2 heterocycles. The molecule has 0 atom stereocenters. The number of methoxy groups -OCH3 is 1. The molecule has 0 fully saturated rings. The van der Waals surface area contributed by atoms with Gasteiger partial charge in [0.15, 0.2) is 0 Å². The van der Waals surface area contributed by atoms with Crippen LogP contribution in [0.3, 0.4) is 0 Å². The first-order chi connectivity index (χ1) is 9.19. The summed E-state index contributed by atoms with van der Waals surface area (Å²) in [6.45, 7) is 1.23. The van der Waals surface area contributed by atoms with Gasteiger partial charge in [0.05, 0.1) is 13.7 Å². The van der Waals surface area contributed by atoms with Crippen LogP contribution in [-0.4, -0.2) is 34.3 Å². The maximum Gasteiger partial charge on any atom is 0.269 e. The van der Waals surface area contributed by atoms with E-state index in [1.807, 2.05) is 0 Å². The summed E-state index contributed by atoms with van der Waals surface area (Å²) in [6.07, 6.45) is 3.38. The normalized spacial score (nSPS) is 10.2. The van der Waals surface area contributed by atoms with E-state index in [0.717, 1.165) is 11.6 Å². The molecule has 0 spiro atoms. The molecule has 7 heteroatoms. The lowest BCUT2D eigenvalue weighted by molar-refractivity contribution is 0.0994. The summed E-state index contributed by atoms with van der Waals surface area (Å²) >= 11 is 0. The van der Waals surface area contributed by atoms with Crippen molar-refractivity contribution in [1.82, 2.24) is 14.8 Å². The van der Waals surface area contributed by atoms with E-state index < -0.39 is 5.91 Å². The van der Waals surface area contributed by atoms with Gasteiger partial charge < -0.3 is 15.8 Å². The van der Waals surface area contributed by atoms with E-state index in [0.29, 0.717) is 13.1 Å². The summed E-state index contributed by atoms with van der Waals surface area (Å²) in [4.78, 5) is 15.0. The lowest BCUT2D eigenvalue weighted by Crippen LogP contribution is -2.15. The molecule has 1 amide bonds. The largest absolute Gasteiger partial charge is 0.497 e. The smallest absolute Gasteiger partial charge is 0.269 e. The fourth-order valence-electron chi connectivity index (χ4n) is 1.55. The average molecular weight is 261 g/mol. The quantitative estimate of drug-likeness (QED) is 0.789. The van der Waals surface area contributed by atoms with Crippen LogP contribution in [0.4, 0.5) is 5.82 Å². The van der Waals surface area contributed by atoms with E-state index in [2.05, 4.69) is 15.4 Å². The van der Waals surface area contributed by atoms with Crippen LogP contribution in [-0.2, 0) is 6.54 Å². The minimum absolute atomic E-state index is 0.263. The second-order valence-electron chi connectivity index (χ2n) is 3.84. The lowest BCUT2D eigenvalue weighted by Gasteiger charge is -2.07. The third-order valence-electron chi connectivity index (χ3n) is 2.51. The van der Waals surface area contributed by atoms with Crippen molar-refractivity contribution in [1.29, 1.82) is 0 Å². The van der Waals surface area contributed by atoms with Crippen molar-refractivity contribution in [2.24, 2.45) is 5.73 Å². The van der Waals surface area contributed by atoms with Crippen molar-refractivity contribution in [3.63, 3.8) is 0 Å². The van der Waals surface area contributed by atoms with Gasteiger partial charge in [-0.2, -0.15) is 5.10 Å². The molecular formula is C12H15N5O2. The van der Waals surface area contributed by atoms with Crippen molar-refractivity contribution < 1.29 is 9.53 Å². The molecule has 3 N–H and O–H groups in total. The number of nitrogens with one attached hydrogen (secondary N) is 1. The predicted octanol–water partition coefficient (Wildman–Crippen LogP) is 0.498. The van der Waals surface area contributed by atoms with Gasteiger partial charge in [-0.1, -0.05) is 0 Å². The summed E-state index contributed by atoms with van der Waals surface area (Å²) in [6, 6.07) is 5.17. The van der Waals surface area contributed by atoms with Crippen molar-refractivity contribution >= 4 is 11.7 Å². The van der Waals surface area contributed by atoms with E-state index in [9.17, 15) is 4.79 Å². The van der Waals surface area contributed by atoms with Crippen LogP contribution in [0.5, 0.6) is 5.75 Å². The van der Waals surface area contributed by atoms with Gasteiger partial charge in [-0.05, 0) is 12.1 Å². The molecule has 100 valence electrons. The van der Waals surface area contributed by atoms with Gasteiger partial charge in [0.1, 0.15) is 17.3 Å². The first-order valence-corrected chi connectivity index (χ1v) is 5.76. The summed E-state index contributed by atoms with van der Waals surface area (Å²) in [7, 11) is 1.61. The number of rotatable bonds is 6. The predicted molar refractivity (Wildman–Crippen MR) is 70.0 cm³/mol. The minimum atomic E-state index is -0.527. The number of hydrogen-bond acceptors (Lipinski definition) is 5. The van der Waals surface area contributed by atoms with Crippen LogP contribution in [0.1, 0.15) is 10.5 Å². The summed E-state index contributed by atoms with van der Waals surface area (Å²) in [5, 5.41) is 7.17. The summed E-state index contributed by atoms with van der Waals surface area (Å²) in [5.41, 5.74) is 5.39. The molecule has 0 radical (unpaired) electrons. The highest BCUT2D eigenvalue weighted by molar-refractivity contribution is 5.90. The van der Waals surface area contributed by atoms with Crippen molar-refractivity contribution in [2.75, 3.05) is 19.0 Å². The summed E-state index contributed by atoms with van der Waals surface area (Å²) in [5.74, 6) is 0.940. The first kappa shape index (κ1) is 12.9. The molecule has 0 bridgehead atoms. The number of aromatic nitrogens is 3. The number of carbonyl (C=O) groups excluding carboxylic acids is 1. The number of pyridine rings is 1. The van der Waals surface area contributed by atoms with Crippen LogP contribution < -0.4 is 15.8 Å². The van der Waals surface area contributed by atoms with Gasteiger partial charge in [-0.3, -0.25) is 9.48 Å². The number of nitrogens with two attached hydrogens (primary N) is 1. The number of hydrogen-bond donors (Lipinski definition) is 2. The zero-order valence-electron chi connectivity index (χ0n) is 10.5. The van der Waals surface area contributed by atoms with Gasteiger partial charge in [0.2, 0.25) is 0 Å². The molecule has 0 unspecified atom stereocenters. The molecular weight excluding hydrogens is 246 g/mol. The molecule has 7 nitrogen and oxygen atoms in total. The Morgan fingerprint density at radius 1 is 1.53 bits per heavy atom. The Balaban J connectivity index is 1.86. The highest BCUT2D eigenvalue weighted by atomic mass is 16.5. The molecule has 0 saturated carbocycles. The van der Waals surface area contributed by atoms with E-state index in [1.54, 1.807) is 42.4 Å². The van der Waals surface area contributed by atoms with Crippen LogP contribution in [0.25, 0.3) is 0 Å². The van der Waals surface area contributed by atoms with Crippen LogP contribution >= 0.6 is 0 Å². The Morgan fingerprint density at radius 2 is 2.37 bits per heavy atom. The van der Waals surface area contributed by atoms with Gasteiger partial charge in [-0.15, -0.1) is 0 Å². The van der Waals surface area contributed by atoms with Crippen LogP contribution in [0.15, 0.2) is 30.6 Å². The second kappa shape index (κ2) is 5.85. The van der Waals surface area contributed by atoms with E-state index in [-0.39, 0.29) is 5.69 Å². The first-order valence-electron chi connectivity index (χ1n) is 5.76. The van der Waals surface area contributed by atoms with E-state index in [4.69, 9.17) is 10.5 Å². The van der Waals surface area contributed by atoms with Crippen LogP contribution in [0.2, 0.25) is 0 Å². The monoisotopic (exact) mass is 261 g/mol. The van der Waals surface area contributed by atoms with Gasteiger partial charge >= 0.3 is 0 Å². The number of nitrogens with zero attached hydrogens (tertiary/aromatic N) is 3. The highest BCUT2D eigenvalue weighted by Gasteiger charge is 2.04. The van der Waals surface area contributed by atoms with Crippen molar-refractivity contribution in [2.45, 2.75) is 6.54 Å². The maximum absolute atomic E-state index is 10.9. The number of amides is 1. The van der Waals surface area contributed by atoms with E-state index >= 15 is 0 Å². The zero-order chi connectivity index (χ0) is 13.7. The molecule has 0 aliphatic carbocycles. The van der Waals surface area contributed by atoms with Gasteiger partial charge in [-0.25, -0.2) is 4.98 Å². The third kappa shape index (κ3) is 3.44. The number of primary amides is 1. The molecule has 0 aromatic carbocycles. The molecule has 2 aromatic heterocycles. The average Bonchev–Trinajstić information content (AvgIpc) is 2.88. The topological polar surface area (TPSA) is 95.1 Å². The molecule has 19 heavy (non-hydrogen) atoms. The van der Waals surface area contributed by atoms with Crippen molar-refractivity contribution in [3.8, 4) is 5.75 Å². The fraction of sp³-hybridized carbons (Fsp3) is 0.250. The fourth-order valence-corrected chi connectivity index (χ4v) is 1.55. The molecule has 0 aliphatic heterocycles. The van der Waals surface area contributed by atoms with Gasteiger partial charge in [0, 0.05) is 25.0 Å². The molecule has 2 rings (SSSR count). The maximum atomic E-state index is 10.9. The standard InChI is InChI=1S/C12H15N5O2/c1-19-9-2-4-14-11(8-9)15-5-7-17-6-3-10(16-17)12(13)18/h2-4,6,8H,5,7H2,1H3,(H2,13,18)(H,14,15). The lowest BCUT2D eigenvalue weighted by atomic mass is 10.4. The zero-order valence-corrected chi connectivity index (χ0v) is 10.5. The highest BCUT2D eigenvalue weighted by Crippen LogP contribution is 2.13. The van der Waals surface area contributed by atoms with E-state index in [1.165, 1.54) is 0 Å². The molecule has 0 saturated heterocycles. The van der Waals surface area contributed by atoms with Crippen LogP contribution in [0, 0.1) is 0 Å². The Labute approximate surface area is 110 Å².